The first-order valence-electron chi connectivity index (χ1n) is 6.66. The van der Waals surface area contributed by atoms with Crippen LogP contribution in [-0.4, -0.2) is 36.1 Å². The zero-order valence-corrected chi connectivity index (χ0v) is 12.1. The van der Waals surface area contributed by atoms with Gasteiger partial charge in [-0.15, -0.1) is 0 Å². The molecule has 0 atom stereocenters. The molecule has 5 nitrogen and oxygen atoms in total. The Hall–Kier alpha value is -2.08. The third-order valence-corrected chi connectivity index (χ3v) is 3.69. The number of pyridine rings is 2. The number of anilines is 3. The summed E-state index contributed by atoms with van der Waals surface area (Å²) in [5.41, 5.74) is 6.59. The van der Waals surface area contributed by atoms with E-state index in [1.807, 2.05) is 17.0 Å². The molecule has 0 aliphatic carbocycles. The number of hydrogen-bond acceptors (Lipinski definition) is 5. The summed E-state index contributed by atoms with van der Waals surface area (Å²) in [5.74, 6) is 0.725. The van der Waals surface area contributed by atoms with Gasteiger partial charge in [0.1, 0.15) is 0 Å². The minimum Gasteiger partial charge on any atom is -0.396 e. The monoisotopic (exact) mass is 307 g/mol. The van der Waals surface area contributed by atoms with E-state index in [0.717, 1.165) is 5.82 Å². The van der Waals surface area contributed by atoms with Gasteiger partial charge in [0.25, 0.3) is 0 Å². The van der Waals surface area contributed by atoms with E-state index in [4.69, 9.17) is 17.3 Å². The highest BCUT2D eigenvalue weighted by Gasteiger charge is 2.22. The normalized spacial score (nSPS) is 15.3. The first-order valence-corrected chi connectivity index (χ1v) is 7.04. The van der Waals surface area contributed by atoms with Crippen molar-refractivity contribution in [3.8, 4) is 0 Å². The summed E-state index contributed by atoms with van der Waals surface area (Å²) in [4.78, 5) is 12.4. The molecule has 0 radical (unpaired) electrons. The highest BCUT2D eigenvalue weighted by Crippen LogP contribution is 2.24. The fourth-order valence-corrected chi connectivity index (χ4v) is 2.59. The molecule has 0 bridgehead atoms. The molecule has 1 saturated heterocycles. The number of nitrogens with zero attached hydrogens (tertiary/aromatic N) is 4. The maximum absolute atomic E-state index is 13.9. The summed E-state index contributed by atoms with van der Waals surface area (Å²) in [5, 5.41) is 0.302. The van der Waals surface area contributed by atoms with E-state index >= 15 is 0 Å². The van der Waals surface area contributed by atoms with Crippen molar-refractivity contribution in [1.29, 1.82) is 0 Å². The van der Waals surface area contributed by atoms with Crippen LogP contribution in [0.2, 0.25) is 5.02 Å². The van der Waals surface area contributed by atoms with E-state index in [1.165, 1.54) is 12.3 Å². The third-order valence-electron chi connectivity index (χ3n) is 3.48. The van der Waals surface area contributed by atoms with E-state index in [1.54, 1.807) is 6.20 Å². The molecule has 110 valence electrons. The summed E-state index contributed by atoms with van der Waals surface area (Å²) >= 11 is 5.73. The second-order valence-corrected chi connectivity index (χ2v) is 5.29. The molecule has 7 heteroatoms. The van der Waals surface area contributed by atoms with Crippen LogP contribution in [0.5, 0.6) is 0 Å². The quantitative estimate of drug-likeness (QED) is 0.921. The molecule has 0 saturated carbocycles. The van der Waals surface area contributed by atoms with Crippen molar-refractivity contribution in [3.63, 3.8) is 0 Å². The second kappa shape index (κ2) is 5.73. The Morgan fingerprint density at radius 2 is 1.76 bits per heavy atom. The maximum Gasteiger partial charge on any atom is 0.167 e. The summed E-state index contributed by atoms with van der Waals surface area (Å²) in [6, 6.07) is 4.92. The van der Waals surface area contributed by atoms with Gasteiger partial charge in [0.15, 0.2) is 17.5 Å². The molecule has 0 spiro atoms. The Morgan fingerprint density at radius 3 is 2.38 bits per heavy atom. The van der Waals surface area contributed by atoms with Crippen LogP contribution in [0.1, 0.15) is 0 Å². The zero-order chi connectivity index (χ0) is 14.8. The van der Waals surface area contributed by atoms with Crippen molar-refractivity contribution in [2.45, 2.75) is 0 Å². The molecule has 3 heterocycles. The molecular weight excluding hydrogens is 293 g/mol. The number of piperazine rings is 1. The molecule has 0 unspecified atom stereocenters. The Balaban J connectivity index is 1.72. The van der Waals surface area contributed by atoms with Crippen molar-refractivity contribution in [3.05, 3.63) is 41.4 Å². The predicted octanol–water partition coefficient (Wildman–Crippen LogP) is 2.18. The van der Waals surface area contributed by atoms with Crippen LogP contribution in [0.3, 0.4) is 0 Å². The van der Waals surface area contributed by atoms with Crippen LogP contribution < -0.4 is 15.5 Å². The van der Waals surface area contributed by atoms with Gasteiger partial charge in [0.05, 0.1) is 10.7 Å². The number of nitrogen functional groups attached to an aromatic ring is 1. The van der Waals surface area contributed by atoms with Gasteiger partial charge in [-0.1, -0.05) is 11.6 Å². The summed E-state index contributed by atoms with van der Waals surface area (Å²) in [6.07, 6.45) is 3.18. The lowest BCUT2D eigenvalue weighted by molar-refractivity contribution is 0.587. The van der Waals surface area contributed by atoms with Gasteiger partial charge in [-0.2, -0.15) is 0 Å². The molecule has 1 aliphatic rings. The third kappa shape index (κ3) is 2.85. The lowest BCUT2D eigenvalue weighted by Gasteiger charge is -2.36. The van der Waals surface area contributed by atoms with Crippen LogP contribution in [0.4, 0.5) is 21.7 Å². The van der Waals surface area contributed by atoms with Crippen molar-refractivity contribution in [2.75, 3.05) is 41.7 Å². The van der Waals surface area contributed by atoms with Crippen LogP contribution in [0.25, 0.3) is 0 Å². The summed E-state index contributed by atoms with van der Waals surface area (Å²) in [7, 11) is 0. The van der Waals surface area contributed by atoms with E-state index in [9.17, 15) is 4.39 Å². The first-order chi connectivity index (χ1) is 10.1. The molecule has 3 rings (SSSR count). The SMILES string of the molecule is Nc1cccnc1N1CCN(c2ncc(Cl)cc2F)CC1. The number of halogens is 2. The topological polar surface area (TPSA) is 58.3 Å². The Labute approximate surface area is 127 Å². The Bertz CT molecular complexity index is 643. The van der Waals surface area contributed by atoms with Gasteiger partial charge in [0.2, 0.25) is 0 Å². The number of nitrogens with two attached hydrogens (primary N) is 1. The molecular formula is C14H15ClFN5. The molecule has 2 N–H and O–H groups in total. The predicted molar refractivity (Wildman–Crippen MR) is 82.3 cm³/mol. The molecule has 1 fully saturated rings. The highest BCUT2D eigenvalue weighted by molar-refractivity contribution is 6.30. The average molecular weight is 308 g/mol. The zero-order valence-electron chi connectivity index (χ0n) is 11.3. The smallest absolute Gasteiger partial charge is 0.167 e. The van der Waals surface area contributed by atoms with Gasteiger partial charge in [-0.05, 0) is 18.2 Å². The summed E-state index contributed by atoms with van der Waals surface area (Å²) < 4.78 is 13.9. The number of hydrogen-bond donors (Lipinski definition) is 1. The van der Waals surface area contributed by atoms with E-state index in [-0.39, 0.29) is 0 Å². The Morgan fingerprint density at radius 1 is 1.10 bits per heavy atom. The van der Waals surface area contributed by atoms with E-state index in [0.29, 0.717) is 42.7 Å². The minimum atomic E-state index is -0.395. The van der Waals surface area contributed by atoms with Crippen molar-refractivity contribution in [2.24, 2.45) is 0 Å². The van der Waals surface area contributed by atoms with Gasteiger partial charge < -0.3 is 15.5 Å². The fourth-order valence-electron chi connectivity index (χ4n) is 2.44. The van der Waals surface area contributed by atoms with Crippen molar-refractivity contribution >= 4 is 28.9 Å². The van der Waals surface area contributed by atoms with Crippen LogP contribution in [0, 0.1) is 5.82 Å². The molecule has 21 heavy (non-hydrogen) atoms. The van der Waals surface area contributed by atoms with Crippen LogP contribution in [0.15, 0.2) is 30.6 Å². The van der Waals surface area contributed by atoms with Crippen molar-refractivity contribution in [1.82, 2.24) is 9.97 Å². The lowest BCUT2D eigenvalue weighted by Crippen LogP contribution is -2.47. The number of aromatic nitrogens is 2. The summed E-state index contributed by atoms with van der Waals surface area (Å²) in [6.45, 7) is 2.74. The van der Waals surface area contributed by atoms with Crippen LogP contribution >= 0.6 is 11.6 Å². The van der Waals surface area contributed by atoms with E-state index in [2.05, 4.69) is 14.9 Å². The minimum absolute atomic E-state index is 0.302. The largest absolute Gasteiger partial charge is 0.396 e. The van der Waals surface area contributed by atoms with Gasteiger partial charge in [-0.3, -0.25) is 0 Å². The molecule has 2 aromatic heterocycles. The number of rotatable bonds is 2. The van der Waals surface area contributed by atoms with Gasteiger partial charge in [0, 0.05) is 38.6 Å². The first kappa shape index (κ1) is 13.9. The van der Waals surface area contributed by atoms with Gasteiger partial charge in [-0.25, -0.2) is 14.4 Å². The second-order valence-electron chi connectivity index (χ2n) is 4.85. The molecule has 0 aromatic carbocycles. The average Bonchev–Trinajstić information content (AvgIpc) is 2.48. The van der Waals surface area contributed by atoms with Gasteiger partial charge >= 0.3 is 0 Å². The van der Waals surface area contributed by atoms with E-state index < -0.39 is 5.82 Å². The lowest BCUT2D eigenvalue weighted by atomic mass is 10.2. The standard InChI is InChI=1S/C14H15ClFN5/c15-10-8-11(16)13(19-9-10)20-4-6-21(7-5-20)14-12(17)2-1-3-18-14/h1-3,8-9H,4-7,17H2. The fraction of sp³-hybridized carbons (Fsp3) is 0.286. The highest BCUT2D eigenvalue weighted by atomic mass is 35.5. The Kier molecular flexibility index (Phi) is 3.79. The van der Waals surface area contributed by atoms with Crippen molar-refractivity contribution < 1.29 is 4.39 Å². The molecule has 2 aromatic rings. The molecule has 1 aliphatic heterocycles. The maximum atomic E-state index is 13.9. The molecule has 0 amide bonds. The van der Waals surface area contributed by atoms with Crippen LogP contribution in [-0.2, 0) is 0 Å².